The number of aromatic nitrogens is 1. The van der Waals surface area contributed by atoms with Crippen LogP contribution in [0.3, 0.4) is 0 Å². The van der Waals surface area contributed by atoms with Crippen molar-refractivity contribution in [2.45, 2.75) is 38.8 Å². The smallest absolute Gasteiger partial charge is 0.475 e. The maximum Gasteiger partial charge on any atom is 0.490 e. The van der Waals surface area contributed by atoms with Crippen LogP contribution in [0.5, 0.6) is 0 Å². The summed E-state index contributed by atoms with van der Waals surface area (Å²) < 4.78 is 73.1. The number of hydrogen-bond donors (Lipinski definition) is 3. The lowest BCUT2D eigenvalue weighted by Crippen LogP contribution is -2.45. The molecule has 0 aliphatic carbocycles. The van der Waals surface area contributed by atoms with E-state index in [4.69, 9.17) is 9.90 Å². The molecule has 0 radical (unpaired) electrons. The molecule has 1 fully saturated rings. The third-order valence-corrected chi connectivity index (χ3v) is 6.99. The third-order valence-electron chi connectivity index (χ3n) is 5.59. The maximum atomic E-state index is 13.7. The molecule has 0 unspecified atom stereocenters. The number of pyridine rings is 1. The first kappa shape index (κ1) is 33.7. The summed E-state index contributed by atoms with van der Waals surface area (Å²) in [6.07, 6.45) is -3.66. The fraction of sp³-hybridized carbons (Fsp3) is 0.500. The summed E-state index contributed by atoms with van der Waals surface area (Å²) in [6.45, 7) is 12.4. The number of aliphatic carboxylic acids is 1. The quantitative estimate of drug-likeness (QED) is 0.368. The van der Waals surface area contributed by atoms with Gasteiger partial charge in [0.1, 0.15) is 11.6 Å². The highest BCUT2D eigenvalue weighted by atomic mass is 32.2. The second-order valence-corrected chi connectivity index (χ2v) is 11.9. The minimum atomic E-state index is -5.08. The number of amides is 1. The molecule has 0 bridgehead atoms. The summed E-state index contributed by atoms with van der Waals surface area (Å²) in [4.78, 5) is 30.9. The molecule has 2 heterocycles. The number of carbonyl (C=O) groups is 2. The molecule has 1 aliphatic rings. The van der Waals surface area contributed by atoms with Gasteiger partial charge in [0.15, 0.2) is 0 Å². The lowest BCUT2D eigenvalue weighted by atomic mass is 10.1. The Morgan fingerprint density at radius 1 is 1.07 bits per heavy atom. The first-order valence-electron chi connectivity index (χ1n) is 12.8. The van der Waals surface area contributed by atoms with Gasteiger partial charge in [0.05, 0.1) is 22.3 Å². The number of carbonyl (C=O) groups excluding carboxylic acids is 1. The van der Waals surface area contributed by atoms with Crippen LogP contribution in [0.15, 0.2) is 41.4 Å². The molecular weight excluding hydrogens is 570 g/mol. The molecule has 1 aromatic carbocycles. The zero-order valence-corrected chi connectivity index (χ0v) is 24.0. The highest BCUT2D eigenvalue weighted by Gasteiger charge is 2.38. The summed E-state index contributed by atoms with van der Waals surface area (Å²) in [7, 11) is -3.97. The number of nitrogens with one attached hydrogen (secondary N) is 2. The number of hydrogen-bond acceptors (Lipinski definition) is 7. The van der Waals surface area contributed by atoms with Crippen LogP contribution < -0.4 is 14.9 Å². The van der Waals surface area contributed by atoms with Gasteiger partial charge in [-0.25, -0.2) is 22.6 Å². The van der Waals surface area contributed by atoms with Gasteiger partial charge in [-0.05, 0) is 42.2 Å². The number of sulfonamides is 1. The third kappa shape index (κ3) is 10.5. The summed E-state index contributed by atoms with van der Waals surface area (Å²) in [5.74, 6) is -2.35. The molecule has 10 nitrogen and oxygen atoms in total. The Hall–Kier alpha value is -3.46. The van der Waals surface area contributed by atoms with Gasteiger partial charge in [0, 0.05) is 39.3 Å². The van der Waals surface area contributed by atoms with Crippen LogP contribution >= 0.6 is 0 Å². The predicted octanol–water partition coefficient (Wildman–Crippen LogP) is 3.82. The van der Waals surface area contributed by atoms with E-state index in [0.29, 0.717) is 37.6 Å². The van der Waals surface area contributed by atoms with Gasteiger partial charge >= 0.3 is 12.1 Å². The van der Waals surface area contributed by atoms with Crippen molar-refractivity contribution in [3.05, 3.63) is 47.9 Å². The first-order chi connectivity index (χ1) is 19.0. The van der Waals surface area contributed by atoms with Gasteiger partial charge in [0.2, 0.25) is 0 Å². The molecule has 3 N–H and O–H groups in total. The molecule has 1 saturated heterocycles. The number of carboxylic acids is 1. The van der Waals surface area contributed by atoms with Gasteiger partial charge < -0.3 is 20.2 Å². The number of rotatable bonds is 9. The molecule has 2 aromatic rings. The Bertz CT molecular complexity index is 1270. The molecule has 41 heavy (non-hydrogen) atoms. The van der Waals surface area contributed by atoms with Gasteiger partial charge in [-0.1, -0.05) is 27.7 Å². The largest absolute Gasteiger partial charge is 0.490 e. The number of nitrogens with zero attached hydrogens (tertiary/aromatic N) is 3. The van der Waals surface area contributed by atoms with Crippen molar-refractivity contribution in [2.75, 3.05) is 48.9 Å². The topological polar surface area (TPSA) is 132 Å². The number of alkyl halides is 3. The highest BCUT2D eigenvalue weighted by Crippen LogP contribution is 2.26. The zero-order valence-electron chi connectivity index (χ0n) is 23.2. The van der Waals surface area contributed by atoms with Crippen molar-refractivity contribution in [1.29, 1.82) is 0 Å². The Balaban J connectivity index is 0.000000745. The molecule has 0 saturated carbocycles. The average molecular weight is 606 g/mol. The maximum absolute atomic E-state index is 13.7. The van der Waals surface area contributed by atoms with E-state index < -0.39 is 28.0 Å². The Labute approximate surface area is 236 Å². The zero-order chi connectivity index (χ0) is 31.0. The van der Waals surface area contributed by atoms with Crippen LogP contribution in [-0.4, -0.2) is 80.7 Å². The van der Waals surface area contributed by atoms with E-state index in [0.717, 1.165) is 25.2 Å². The number of halogens is 4. The average Bonchev–Trinajstić information content (AvgIpc) is 2.87. The van der Waals surface area contributed by atoms with Crippen molar-refractivity contribution < 1.29 is 40.7 Å². The Kier molecular flexibility index (Phi) is 11.9. The molecule has 0 atom stereocenters. The second-order valence-electron chi connectivity index (χ2n) is 10.2. The van der Waals surface area contributed by atoms with Gasteiger partial charge in [0.25, 0.3) is 15.9 Å². The van der Waals surface area contributed by atoms with E-state index in [1.807, 2.05) is 9.80 Å². The van der Waals surface area contributed by atoms with Crippen molar-refractivity contribution >= 4 is 33.4 Å². The molecule has 228 valence electrons. The molecule has 0 spiro atoms. The highest BCUT2D eigenvalue weighted by molar-refractivity contribution is 7.92. The number of carboxylic acid groups (broad SMARTS) is 1. The lowest BCUT2D eigenvalue weighted by molar-refractivity contribution is -0.192. The van der Waals surface area contributed by atoms with Gasteiger partial charge in [-0.15, -0.1) is 0 Å². The molecule has 1 aliphatic heterocycles. The summed E-state index contributed by atoms with van der Waals surface area (Å²) in [5.41, 5.74) is 0.545. The van der Waals surface area contributed by atoms with E-state index >= 15 is 0 Å². The Morgan fingerprint density at radius 2 is 1.59 bits per heavy atom. The van der Waals surface area contributed by atoms with Crippen LogP contribution in [0.2, 0.25) is 0 Å². The minimum absolute atomic E-state index is 0.0748. The van der Waals surface area contributed by atoms with Crippen LogP contribution in [0, 0.1) is 17.7 Å². The fourth-order valence-corrected chi connectivity index (χ4v) is 4.95. The van der Waals surface area contributed by atoms with Crippen molar-refractivity contribution in [2.24, 2.45) is 11.8 Å². The van der Waals surface area contributed by atoms with E-state index in [1.165, 1.54) is 18.3 Å². The summed E-state index contributed by atoms with van der Waals surface area (Å²) >= 11 is 0. The molecule has 1 amide bonds. The van der Waals surface area contributed by atoms with Crippen LogP contribution in [-0.2, 0) is 14.8 Å². The standard InChI is InChI=1S/C24H34FN5O3S.C2HF3O2/c1-17(2)15-30(16-18(3)4)24(31)22-13-20(14-27-23(22)29-11-9-26-10-12-29)28-34(32,33)21-7-5-19(25)6-8-21;3-2(4,5)1(6)7/h5-8,13-14,17-18,26,28H,9-12,15-16H2,1-4H3;(H,6,7). The molecule has 3 rings (SSSR count). The molecule has 15 heteroatoms. The summed E-state index contributed by atoms with van der Waals surface area (Å²) in [6, 6.07) is 6.12. The van der Waals surface area contributed by atoms with Crippen LogP contribution in [0.4, 0.5) is 29.1 Å². The van der Waals surface area contributed by atoms with Crippen molar-refractivity contribution in [1.82, 2.24) is 15.2 Å². The number of piperazine rings is 1. The number of benzene rings is 1. The van der Waals surface area contributed by atoms with Crippen molar-refractivity contribution in [3.8, 4) is 0 Å². The normalized spacial score (nSPS) is 14.0. The second kappa shape index (κ2) is 14.4. The summed E-state index contributed by atoms with van der Waals surface area (Å²) in [5, 5.41) is 10.4. The van der Waals surface area contributed by atoms with Crippen molar-refractivity contribution in [3.63, 3.8) is 0 Å². The fourth-order valence-electron chi connectivity index (χ4n) is 3.92. The number of anilines is 2. The van der Waals surface area contributed by atoms with Crippen LogP contribution in [0.1, 0.15) is 38.1 Å². The minimum Gasteiger partial charge on any atom is -0.475 e. The SMILES string of the molecule is CC(C)CN(CC(C)C)C(=O)c1cc(NS(=O)(=O)c2ccc(F)cc2)cnc1N1CCNCC1.O=C(O)C(F)(F)F. The predicted molar refractivity (Wildman–Crippen MR) is 146 cm³/mol. The van der Waals surface area contributed by atoms with Crippen LogP contribution in [0.25, 0.3) is 0 Å². The van der Waals surface area contributed by atoms with E-state index in [-0.39, 0.29) is 28.3 Å². The lowest BCUT2D eigenvalue weighted by Gasteiger charge is -2.32. The molecular formula is C26H35F4N5O5S. The van der Waals surface area contributed by atoms with E-state index in [2.05, 4.69) is 42.7 Å². The van der Waals surface area contributed by atoms with Gasteiger partial charge in [-0.2, -0.15) is 13.2 Å². The van der Waals surface area contributed by atoms with Gasteiger partial charge in [-0.3, -0.25) is 9.52 Å². The van der Waals surface area contributed by atoms with E-state index in [1.54, 1.807) is 6.07 Å². The van der Waals surface area contributed by atoms with E-state index in [9.17, 15) is 30.8 Å². The Morgan fingerprint density at radius 3 is 2.05 bits per heavy atom. The first-order valence-corrected chi connectivity index (χ1v) is 14.3. The molecule has 1 aromatic heterocycles. The monoisotopic (exact) mass is 605 g/mol.